The van der Waals surface area contributed by atoms with Crippen LogP contribution in [0.3, 0.4) is 0 Å². The minimum absolute atomic E-state index is 0. The predicted octanol–water partition coefficient (Wildman–Crippen LogP) is 14.3. The Hall–Kier alpha value is -8.62. The first kappa shape index (κ1) is 68.7. The molecule has 6 aromatic heterocycles. The summed E-state index contributed by atoms with van der Waals surface area (Å²) >= 11 is 0. The van der Waals surface area contributed by atoms with Gasteiger partial charge in [-0.1, -0.05) is 89.8 Å². The molecule has 0 bridgehead atoms. The number of hydrogen-bond donors (Lipinski definition) is 3. The number of alkyl halides is 3. The third-order valence-electron chi connectivity index (χ3n) is 10.8. The van der Waals surface area contributed by atoms with Crippen LogP contribution in [0.25, 0.3) is 88.9 Å². The van der Waals surface area contributed by atoms with Gasteiger partial charge < -0.3 is 41.4 Å². The maximum Gasteiger partial charge on any atom is 0.525 e. The number of furan rings is 2. The predicted molar refractivity (Wildman–Crippen MR) is 305 cm³/mol. The van der Waals surface area contributed by atoms with Crippen LogP contribution >= 0.6 is 0 Å². The zero-order chi connectivity index (χ0) is 57.3. The molecule has 0 aliphatic carbocycles. The number of aliphatic hydroxyl groups excluding tert-OH is 2. The van der Waals surface area contributed by atoms with E-state index in [1.165, 1.54) is 0 Å². The second-order valence-corrected chi connectivity index (χ2v) is 17.3. The van der Waals surface area contributed by atoms with Crippen molar-refractivity contribution in [3.05, 3.63) is 250 Å². The number of para-hydroxylation sites is 3. The summed E-state index contributed by atoms with van der Waals surface area (Å²) in [5, 5.41) is 44.0. The van der Waals surface area contributed by atoms with Gasteiger partial charge in [0.15, 0.2) is 5.58 Å². The fourth-order valence-corrected chi connectivity index (χ4v) is 7.46. The van der Waals surface area contributed by atoms with Crippen molar-refractivity contribution in [2.24, 2.45) is 0 Å². The van der Waals surface area contributed by atoms with Crippen LogP contribution < -0.4 is 0 Å². The maximum absolute atomic E-state index is 11.0. The number of nitriles is 2. The number of aromatic nitrogens is 4. The molecule has 20 heteroatoms. The zero-order valence-corrected chi connectivity index (χ0v) is 49.8. The molecular weight excluding hydrogens is 1440 g/mol. The average molecular weight is 1490 g/mol. The van der Waals surface area contributed by atoms with Gasteiger partial charge in [0, 0.05) is 100 Å². The molecule has 0 atom stereocenters. The Morgan fingerprint density at radius 1 is 0.518 bits per heavy atom. The Morgan fingerprint density at radius 2 is 0.904 bits per heavy atom. The summed E-state index contributed by atoms with van der Waals surface area (Å²) in [7, 11) is -4.78. The fraction of sp³-hybridized carbons (Fsp3) is 0.0635. The van der Waals surface area contributed by atoms with Crippen molar-refractivity contribution in [2.75, 3.05) is 13.7 Å². The molecule has 0 aliphatic heterocycles. The molecule has 3 N–H and O–H groups in total. The van der Waals surface area contributed by atoms with E-state index in [1.54, 1.807) is 43.8 Å². The first-order valence-corrected chi connectivity index (χ1v) is 25.2. The van der Waals surface area contributed by atoms with Crippen LogP contribution in [0.5, 0.6) is 0 Å². The van der Waals surface area contributed by atoms with E-state index in [2.05, 4.69) is 54.6 Å². The number of benzene rings is 6. The smallest absolute Gasteiger partial charge is 0.499 e. The van der Waals surface area contributed by atoms with Crippen LogP contribution in [0.1, 0.15) is 18.1 Å². The first-order valence-electron chi connectivity index (χ1n) is 23.8. The van der Waals surface area contributed by atoms with Gasteiger partial charge in [-0.3, -0.25) is 4.98 Å². The molecule has 0 saturated carbocycles. The molecule has 0 saturated heterocycles. The molecule has 0 fully saturated rings. The maximum atomic E-state index is 11.0. The minimum atomic E-state index is -5.78. The van der Waals surface area contributed by atoms with Gasteiger partial charge in [-0.05, 0) is 72.5 Å². The molecule has 428 valence electrons. The van der Waals surface area contributed by atoms with Gasteiger partial charge in [-0.25, -0.2) is 5.26 Å². The second-order valence-electron chi connectivity index (χ2n) is 15.8. The Labute approximate surface area is 504 Å². The largest absolute Gasteiger partial charge is 0.525 e. The van der Waals surface area contributed by atoms with Gasteiger partial charge in [-0.15, -0.1) is 94.3 Å². The van der Waals surface area contributed by atoms with Gasteiger partial charge in [0.1, 0.15) is 23.3 Å². The quantitative estimate of drug-likeness (QED) is 0.0630. The van der Waals surface area contributed by atoms with Crippen molar-refractivity contribution in [2.45, 2.75) is 12.4 Å². The molecule has 0 spiro atoms. The molecule has 83 heavy (non-hydrogen) atoms. The summed E-state index contributed by atoms with van der Waals surface area (Å²) in [5.41, 5.74) is 5.72. The molecular formula is C63H49F3Ir2N6O8S-4. The van der Waals surface area contributed by atoms with E-state index in [0.717, 1.165) is 79.3 Å². The third-order valence-corrected chi connectivity index (χ3v) is 11.5. The minimum Gasteiger partial charge on any atom is -0.499 e. The molecule has 0 aliphatic rings. The number of aliphatic hydroxyl groups is 2. The average Bonchev–Trinajstić information content (AvgIpc) is 4.33. The standard InChI is InChI=1S/C18H10N2O.C18H9N2O.2C11H8N.C2H6O.CHF3O4S.CH4O.CH3.2Ir/c2*19-11-12-5-3-6-13-14-7-4-8-15(18(14)21-17(12)13)16-9-1-2-10-20-16;2*1-2-6-10(7-3-1)11-8-4-5-9-12-11;1-2-3;2-1(3,4)9(6,7)8-5;1-2;;;/h1-10H;1-7,9-10H;2*1-6,8-9H;3H,2H2,1H3;5H;2H,1H3;1H3;;/q;3*-1;;;;-1;;. The van der Waals surface area contributed by atoms with E-state index >= 15 is 0 Å². The monoisotopic (exact) mass is 1490 g/mol. The van der Waals surface area contributed by atoms with E-state index in [9.17, 15) is 32.1 Å². The third kappa shape index (κ3) is 18.2. The molecule has 6 aromatic carbocycles. The molecule has 0 unspecified atom stereocenters. The van der Waals surface area contributed by atoms with Crippen molar-refractivity contribution in [3.8, 4) is 57.2 Å². The second kappa shape index (κ2) is 34.6. The zero-order valence-electron chi connectivity index (χ0n) is 44.2. The van der Waals surface area contributed by atoms with Crippen molar-refractivity contribution >= 4 is 54.0 Å². The van der Waals surface area contributed by atoms with Gasteiger partial charge in [0.05, 0.1) is 22.4 Å². The number of rotatable bonds is 5. The Morgan fingerprint density at radius 3 is 1.28 bits per heavy atom. The number of nitrogens with zero attached hydrogens (tertiary/aromatic N) is 6. The van der Waals surface area contributed by atoms with Crippen LogP contribution in [0.4, 0.5) is 13.2 Å². The summed E-state index contributed by atoms with van der Waals surface area (Å²) in [4.78, 5) is 17.2. The van der Waals surface area contributed by atoms with Crippen molar-refractivity contribution < 1.29 is 90.4 Å². The van der Waals surface area contributed by atoms with E-state index in [0.29, 0.717) is 27.9 Å². The van der Waals surface area contributed by atoms with Crippen molar-refractivity contribution in [1.29, 1.82) is 10.5 Å². The van der Waals surface area contributed by atoms with Crippen LogP contribution in [-0.4, -0.2) is 63.0 Å². The summed E-state index contributed by atoms with van der Waals surface area (Å²) < 4.78 is 65.8. The SMILES string of the molecule is CCO.CO.N#Cc1cccc2c1oc1c(-c3ccccn3)[c-]ccc12.N#Cc1cccc2c1oc1c(-c3ccccn3)cccc12.O=S(=O)(OO)C(F)(F)F.[CH3-].[Ir].[Ir].[c-]1ccccc1-c1ccccn1.[c-]1ccccc1-c1ccccn1. The molecule has 12 rings (SSSR count). The van der Waals surface area contributed by atoms with Crippen molar-refractivity contribution in [3.63, 3.8) is 0 Å². The van der Waals surface area contributed by atoms with Crippen LogP contribution in [0.2, 0.25) is 0 Å². The van der Waals surface area contributed by atoms with Gasteiger partial charge >= 0.3 is 15.6 Å². The van der Waals surface area contributed by atoms with Crippen LogP contribution in [-0.2, 0) is 54.7 Å². The summed E-state index contributed by atoms with van der Waals surface area (Å²) in [5.74, 6) is 0. The number of hydrogen-bond acceptors (Lipinski definition) is 14. The number of pyridine rings is 4. The van der Waals surface area contributed by atoms with E-state index < -0.39 is 15.6 Å². The van der Waals surface area contributed by atoms with Crippen LogP contribution in [0, 0.1) is 48.3 Å². The molecule has 6 heterocycles. The molecule has 12 aromatic rings. The molecule has 14 nitrogen and oxygen atoms in total. The fourth-order valence-electron chi connectivity index (χ4n) is 7.38. The normalized spacial score (nSPS) is 10.0. The van der Waals surface area contributed by atoms with E-state index in [1.807, 2.05) is 176 Å². The topological polar surface area (TPSA) is 229 Å². The van der Waals surface area contributed by atoms with Crippen molar-refractivity contribution in [1.82, 2.24) is 19.9 Å². The first-order chi connectivity index (χ1) is 38.9. The summed E-state index contributed by atoms with van der Waals surface area (Å²) in [6.45, 7) is 1.93. The Balaban J connectivity index is 0.000000273. The summed E-state index contributed by atoms with van der Waals surface area (Å²) in [6, 6.07) is 73.7. The van der Waals surface area contributed by atoms with Gasteiger partial charge in [0.2, 0.25) is 0 Å². The Kier molecular flexibility index (Phi) is 28.6. The van der Waals surface area contributed by atoms with E-state index in [4.69, 9.17) is 24.3 Å². The number of fused-ring (bicyclic) bond motifs is 6. The molecule has 0 amide bonds. The molecule has 2 radical (unpaired) electrons. The van der Waals surface area contributed by atoms with Crippen LogP contribution in [0.15, 0.2) is 222 Å². The summed E-state index contributed by atoms with van der Waals surface area (Å²) in [6.07, 6.45) is 7.08. The number of halogens is 3. The van der Waals surface area contributed by atoms with E-state index in [-0.39, 0.29) is 54.2 Å². The van der Waals surface area contributed by atoms with Gasteiger partial charge in [-0.2, -0.15) is 32.1 Å². The van der Waals surface area contributed by atoms with Gasteiger partial charge in [0.25, 0.3) is 0 Å². The Bertz CT molecular complexity index is 3730.